The van der Waals surface area contributed by atoms with Gasteiger partial charge >= 0.3 is 0 Å². The number of benzene rings is 1. The van der Waals surface area contributed by atoms with Gasteiger partial charge in [-0.3, -0.25) is 4.79 Å². The van der Waals surface area contributed by atoms with E-state index in [4.69, 9.17) is 4.74 Å². The number of methoxy groups -OCH3 is 1. The van der Waals surface area contributed by atoms with E-state index in [1.54, 1.807) is 14.2 Å². The van der Waals surface area contributed by atoms with Crippen LogP contribution in [-0.4, -0.2) is 32.1 Å². The van der Waals surface area contributed by atoms with Crippen molar-refractivity contribution in [2.24, 2.45) is 0 Å². The summed E-state index contributed by atoms with van der Waals surface area (Å²) in [5.74, 6) is 0.870. The van der Waals surface area contributed by atoms with Crippen molar-refractivity contribution in [2.75, 3.05) is 20.7 Å². The van der Waals surface area contributed by atoms with E-state index in [9.17, 15) is 4.79 Å². The van der Waals surface area contributed by atoms with E-state index in [2.05, 4.69) is 16.7 Å². The molecule has 0 heterocycles. The van der Waals surface area contributed by atoms with Gasteiger partial charge in [-0.1, -0.05) is 17.7 Å². The topological polar surface area (TPSA) is 50.4 Å². The standard InChI is InChI=1S/C15H24N2O2/c1-11-6-7-13(19-5)12(10-11)8-9-17-14(18)15(2,3)16-4/h6-7,10,16H,8-9H2,1-5H3,(H,17,18). The van der Waals surface area contributed by atoms with Gasteiger partial charge in [-0.2, -0.15) is 0 Å². The molecule has 1 aromatic rings. The molecule has 0 saturated heterocycles. The molecule has 0 radical (unpaired) electrons. The Labute approximate surface area is 115 Å². The highest BCUT2D eigenvalue weighted by Gasteiger charge is 2.24. The minimum absolute atomic E-state index is 0.00150. The van der Waals surface area contributed by atoms with Gasteiger partial charge in [0.05, 0.1) is 12.6 Å². The molecule has 2 N–H and O–H groups in total. The molecule has 0 atom stereocenters. The van der Waals surface area contributed by atoms with Crippen LogP contribution in [0.2, 0.25) is 0 Å². The molecule has 0 aliphatic rings. The molecule has 0 aliphatic carbocycles. The van der Waals surface area contributed by atoms with E-state index in [1.807, 2.05) is 32.9 Å². The van der Waals surface area contributed by atoms with Crippen LogP contribution in [0.4, 0.5) is 0 Å². The third-order valence-electron chi connectivity index (χ3n) is 3.31. The number of carbonyl (C=O) groups excluding carboxylic acids is 1. The summed E-state index contributed by atoms with van der Waals surface area (Å²) in [6.07, 6.45) is 0.760. The van der Waals surface area contributed by atoms with Crippen molar-refractivity contribution < 1.29 is 9.53 Å². The van der Waals surface area contributed by atoms with Gasteiger partial charge < -0.3 is 15.4 Å². The van der Waals surface area contributed by atoms with Gasteiger partial charge in [0.15, 0.2) is 0 Å². The summed E-state index contributed by atoms with van der Waals surface area (Å²) < 4.78 is 5.32. The van der Waals surface area contributed by atoms with Gasteiger partial charge in [0, 0.05) is 6.54 Å². The molecule has 1 rings (SSSR count). The Morgan fingerprint density at radius 2 is 2.05 bits per heavy atom. The Balaban J connectivity index is 2.58. The van der Waals surface area contributed by atoms with Crippen molar-refractivity contribution in [1.82, 2.24) is 10.6 Å². The number of hydrogen-bond acceptors (Lipinski definition) is 3. The first kappa shape index (κ1) is 15.5. The summed E-state index contributed by atoms with van der Waals surface area (Å²) in [4.78, 5) is 11.9. The maximum absolute atomic E-state index is 11.9. The number of ether oxygens (including phenoxy) is 1. The van der Waals surface area contributed by atoms with Crippen molar-refractivity contribution in [1.29, 1.82) is 0 Å². The molecule has 0 bridgehead atoms. The first-order chi connectivity index (χ1) is 8.90. The average Bonchev–Trinajstić information content (AvgIpc) is 2.38. The van der Waals surface area contributed by atoms with Gasteiger partial charge in [0.2, 0.25) is 5.91 Å². The SMILES string of the molecule is CNC(C)(C)C(=O)NCCc1cc(C)ccc1OC. The summed E-state index contributed by atoms with van der Waals surface area (Å²) >= 11 is 0. The monoisotopic (exact) mass is 264 g/mol. The molecule has 4 nitrogen and oxygen atoms in total. The van der Waals surface area contributed by atoms with Crippen molar-refractivity contribution >= 4 is 5.91 Å². The molecular weight excluding hydrogens is 240 g/mol. The number of amides is 1. The smallest absolute Gasteiger partial charge is 0.239 e. The molecule has 4 heteroatoms. The van der Waals surface area contributed by atoms with Crippen LogP contribution in [0.3, 0.4) is 0 Å². The maximum Gasteiger partial charge on any atom is 0.239 e. The lowest BCUT2D eigenvalue weighted by Gasteiger charge is -2.22. The van der Waals surface area contributed by atoms with E-state index in [-0.39, 0.29) is 5.91 Å². The van der Waals surface area contributed by atoms with Crippen LogP contribution in [0.25, 0.3) is 0 Å². The van der Waals surface area contributed by atoms with Gasteiger partial charge in [0.1, 0.15) is 5.75 Å². The third kappa shape index (κ3) is 4.24. The number of hydrogen-bond donors (Lipinski definition) is 2. The van der Waals surface area contributed by atoms with Crippen LogP contribution in [0.5, 0.6) is 5.75 Å². The van der Waals surface area contributed by atoms with Crippen LogP contribution in [0, 0.1) is 6.92 Å². The van der Waals surface area contributed by atoms with Gasteiger partial charge in [-0.05, 0) is 45.9 Å². The zero-order valence-corrected chi connectivity index (χ0v) is 12.5. The molecule has 106 valence electrons. The number of aryl methyl sites for hydroxylation is 1. The normalized spacial score (nSPS) is 11.2. The molecule has 0 aliphatic heterocycles. The van der Waals surface area contributed by atoms with Crippen molar-refractivity contribution in [3.05, 3.63) is 29.3 Å². The van der Waals surface area contributed by atoms with E-state index in [1.165, 1.54) is 5.56 Å². The molecule has 0 saturated carbocycles. The first-order valence-electron chi connectivity index (χ1n) is 6.51. The number of likely N-dealkylation sites (N-methyl/N-ethyl adjacent to an activating group) is 1. The lowest BCUT2D eigenvalue weighted by atomic mass is 10.0. The number of rotatable bonds is 6. The zero-order valence-electron chi connectivity index (χ0n) is 12.5. The van der Waals surface area contributed by atoms with Gasteiger partial charge in [-0.15, -0.1) is 0 Å². The van der Waals surface area contributed by atoms with Crippen LogP contribution in [0.1, 0.15) is 25.0 Å². The molecule has 1 aromatic carbocycles. The number of carbonyl (C=O) groups is 1. The second-order valence-electron chi connectivity index (χ2n) is 5.20. The van der Waals surface area contributed by atoms with Crippen LogP contribution in [-0.2, 0) is 11.2 Å². The molecule has 0 spiro atoms. The Hall–Kier alpha value is -1.55. The molecule has 0 aromatic heterocycles. The Morgan fingerprint density at radius 1 is 1.37 bits per heavy atom. The minimum atomic E-state index is -0.545. The summed E-state index contributed by atoms with van der Waals surface area (Å²) in [5, 5.41) is 5.92. The highest BCUT2D eigenvalue weighted by molar-refractivity contribution is 5.85. The van der Waals surface area contributed by atoms with Crippen molar-refractivity contribution in [3.63, 3.8) is 0 Å². The van der Waals surface area contributed by atoms with E-state index >= 15 is 0 Å². The summed E-state index contributed by atoms with van der Waals surface area (Å²) in [6.45, 7) is 6.36. The molecule has 19 heavy (non-hydrogen) atoms. The van der Waals surface area contributed by atoms with E-state index in [0.29, 0.717) is 6.54 Å². The molecule has 0 fully saturated rings. The Kier molecular flexibility index (Phi) is 5.36. The zero-order chi connectivity index (χ0) is 14.5. The quantitative estimate of drug-likeness (QED) is 0.821. The van der Waals surface area contributed by atoms with Crippen LogP contribution < -0.4 is 15.4 Å². The fraction of sp³-hybridized carbons (Fsp3) is 0.533. The predicted octanol–water partition coefficient (Wildman–Crippen LogP) is 1.66. The summed E-state index contributed by atoms with van der Waals surface area (Å²) in [6, 6.07) is 6.07. The molecule has 0 unspecified atom stereocenters. The van der Waals surface area contributed by atoms with Crippen LogP contribution in [0.15, 0.2) is 18.2 Å². The summed E-state index contributed by atoms with van der Waals surface area (Å²) in [5.41, 5.74) is 1.76. The highest BCUT2D eigenvalue weighted by atomic mass is 16.5. The van der Waals surface area contributed by atoms with Crippen LogP contribution >= 0.6 is 0 Å². The highest BCUT2D eigenvalue weighted by Crippen LogP contribution is 2.19. The Morgan fingerprint density at radius 3 is 2.63 bits per heavy atom. The maximum atomic E-state index is 11.9. The second kappa shape index (κ2) is 6.57. The average molecular weight is 264 g/mol. The lowest BCUT2D eigenvalue weighted by molar-refractivity contribution is -0.126. The largest absolute Gasteiger partial charge is 0.496 e. The minimum Gasteiger partial charge on any atom is -0.496 e. The predicted molar refractivity (Wildman–Crippen MR) is 77.6 cm³/mol. The Bertz CT molecular complexity index is 442. The fourth-order valence-corrected chi connectivity index (χ4v) is 1.75. The first-order valence-corrected chi connectivity index (χ1v) is 6.51. The summed E-state index contributed by atoms with van der Waals surface area (Å²) in [7, 11) is 3.44. The van der Waals surface area contributed by atoms with Crippen molar-refractivity contribution in [3.8, 4) is 5.75 Å². The van der Waals surface area contributed by atoms with Gasteiger partial charge in [0.25, 0.3) is 0 Å². The third-order valence-corrected chi connectivity index (χ3v) is 3.31. The lowest BCUT2D eigenvalue weighted by Crippen LogP contribution is -2.51. The number of nitrogens with one attached hydrogen (secondary N) is 2. The second-order valence-corrected chi connectivity index (χ2v) is 5.20. The van der Waals surface area contributed by atoms with Gasteiger partial charge in [-0.25, -0.2) is 0 Å². The van der Waals surface area contributed by atoms with E-state index in [0.717, 1.165) is 17.7 Å². The molecule has 1 amide bonds. The molecular formula is C15H24N2O2. The fourth-order valence-electron chi connectivity index (χ4n) is 1.75. The van der Waals surface area contributed by atoms with Crippen molar-refractivity contribution in [2.45, 2.75) is 32.7 Å². The van der Waals surface area contributed by atoms with E-state index < -0.39 is 5.54 Å².